The summed E-state index contributed by atoms with van der Waals surface area (Å²) in [5.41, 5.74) is 0.220. The molecule has 1 atom stereocenters. The van der Waals surface area contributed by atoms with Gasteiger partial charge in [0.1, 0.15) is 29.3 Å². The molecular weight excluding hydrogens is 412 g/mol. The van der Waals surface area contributed by atoms with Crippen molar-refractivity contribution in [2.45, 2.75) is 44.6 Å². The van der Waals surface area contributed by atoms with E-state index in [0.29, 0.717) is 30.3 Å². The van der Waals surface area contributed by atoms with Gasteiger partial charge in [-0.1, -0.05) is 28.5 Å². The largest absolute Gasteiger partial charge is 0.490 e. The van der Waals surface area contributed by atoms with Crippen LogP contribution in [0, 0.1) is 6.92 Å². The molecule has 0 bridgehead atoms. The molecule has 2 aromatic rings. The van der Waals surface area contributed by atoms with Crippen LogP contribution in [0.1, 0.15) is 37.1 Å². The van der Waals surface area contributed by atoms with Gasteiger partial charge in [-0.2, -0.15) is 0 Å². The third kappa shape index (κ3) is 5.45. The number of hydrogen-bond acceptors (Lipinski definition) is 7. The van der Waals surface area contributed by atoms with Crippen LogP contribution < -0.4 is 4.74 Å². The van der Waals surface area contributed by atoms with E-state index in [2.05, 4.69) is 10.3 Å². The van der Waals surface area contributed by atoms with Gasteiger partial charge >= 0.3 is 0 Å². The monoisotopic (exact) mass is 442 g/mol. The van der Waals surface area contributed by atoms with Gasteiger partial charge in [0.05, 0.1) is 26.0 Å². The van der Waals surface area contributed by atoms with Crippen LogP contribution in [0.4, 0.5) is 0 Å². The van der Waals surface area contributed by atoms with E-state index in [1.54, 1.807) is 11.8 Å². The average molecular weight is 443 g/mol. The van der Waals surface area contributed by atoms with E-state index in [-0.39, 0.29) is 37.8 Å². The number of morpholine rings is 1. The molecule has 1 aromatic heterocycles. The van der Waals surface area contributed by atoms with Crippen LogP contribution in [0.3, 0.4) is 0 Å². The minimum Gasteiger partial charge on any atom is -0.490 e. The van der Waals surface area contributed by atoms with E-state index < -0.39 is 5.60 Å². The van der Waals surface area contributed by atoms with E-state index in [1.165, 1.54) is 0 Å². The number of para-hydroxylation sites is 1. The lowest BCUT2D eigenvalue weighted by atomic mass is 9.95. The number of likely N-dealkylation sites (tertiary alicyclic amines) is 1. The normalized spacial score (nSPS) is 21.4. The molecule has 9 nitrogen and oxygen atoms in total. The Morgan fingerprint density at radius 2 is 1.81 bits per heavy atom. The summed E-state index contributed by atoms with van der Waals surface area (Å²) in [6.07, 6.45) is 3.48. The minimum absolute atomic E-state index is 0.0483. The molecule has 4 rings (SSSR count). The van der Waals surface area contributed by atoms with Crippen LogP contribution in [0.25, 0.3) is 0 Å². The number of carbonyl (C=O) groups excluding carboxylic acids is 2. The van der Waals surface area contributed by atoms with Crippen LogP contribution >= 0.6 is 0 Å². The van der Waals surface area contributed by atoms with E-state index in [4.69, 9.17) is 14.1 Å². The van der Waals surface area contributed by atoms with Crippen molar-refractivity contribution in [2.75, 3.05) is 39.4 Å². The lowest BCUT2D eigenvalue weighted by Gasteiger charge is -2.43. The molecule has 9 heteroatoms. The van der Waals surface area contributed by atoms with E-state index in [0.717, 1.165) is 32.4 Å². The molecule has 2 aliphatic heterocycles. The first-order valence-electron chi connectivity index (χ1n) is 11.2. The fourth-order valence-corrected chi connectivity index (χ4v) is 4.23. The van der Waals surface area contributed by atoms with Crippen molar-refractivity contribution in [1.82, 2.24) is 20.1 Å². The van der Waals surface area contributed by atoms with Crippen molar-refractivity contribution >= 4 is 11.8 Å². The highest BCUT2D eigenvalue weighted by Crippen LogP contribution is 2.26. The molecule has 3 heterocycles. The Kier molecular flexibility index (Phi) is 7.04. The fraction of sp³-hybridized carbons (Fsp3) is 0.565. The van der Waals surface area contributed by atoms with Gasteiger partial charge in [0.15, 0.2) is 0 Å². The van der Waals surface area contributed by atoms with Gasteiger partial charge in [-0.3, -0.25) is 9.59 Å². The summed E-state index contributed by atoms with van der Waals surface area (Å²) < 4.78 is 16.9. The Morgan fingerprint density at radius 3 is 2.53 bits per heavy atom. The summed E-state index contributed by atoms with van der Waals surface area (Å²) in [5.74, 6) is 0.655. The topological polar surface area (TPSA) is 98.0 Å². The third-order valence-corrected chi connectivity index (χ3v) is 6.09. The molecule has 0 spiro atoms. The lowest BCUT2D eigenvalue weighted by Crippen LogP contribution is -2.58. The van der Waals surface area contributed by atoms with Gasteiger partial charge in [-0.05, 0) is 38.3 Å². The van der Waals surface area contributed by atoms with Crippen molar-refractivity contribution in [3.63, 3.8) is 0 Å². The van der Waals surface area contributed by atoms with Crippen LogP contribution in [-0.4, -0.2) is 76.9 Å². The molecule has 2 fully saturated rings. The number of piperidine rings is 1. The summed E-state index contributed by atoms with van der Waals surface area (Å²) >= 11 is 0. The Morgan fingerprint density at radius 1 is 1.03 bits per heavy atom. The van der Waals surface area contributed by atoms with Crippen molar-refractivity contribution in [2.24, 2.45) is 0 Å². The highest BCUT2D eigenvalue weighted by Gasteiger charge is 2.42. The molecule has 0 saturated carbocycles. The number of benzene rings is 1. The summed E-state index contributed by atoms with van der Waals surface area (Å²) in [6, 6.07) is 9.44. The number of aryl methyl sites for hydroxylation is 1. The van der Waals surface area contributed by atoms with Gasteiger partial charge < -0.3 is 19.3 Å². The van der Waals surface area contributed by atoms with Crippen LogP contribution in [0.2, 0.25) is 0 Å². The Labute approximate surface area is 187 Å². The van der Waals surface area contributed by atoms with Crippen molar-refractivity contribution < 1.29 is 23.7 Å². The Bertz CT molecular complexity index is 912. The number of nitrogens with zero attached hydrogens (tertiary/aromatic N) is 4. The second kappa shape index (κ2) is 10.1. The molecule has 172 valence electrons. The Hall–Kier alpha value is -2.94. The molecular formula is C23H30N4O5. The van der Waals surface area contributed by atoms with Gasteiger partial charge in [-0.15, -0.1) is 0 Å². The maximum atomic E-state index is 13.1. The van der Waals surface area contributed by atoms with Crippen molar-refractivity contribution in [3.8, 4) is 5.75 Å². The average Bonchev–Trinajstić information content (AvgIpc) is 3.23. The first kappa shape index (κ1) is 22.3. The first-order valence-corrected chi connectivity index (χ1v) is 11.2. The first-order chi connectivity index (χ1) is 15.5. The molecule has 0 radical (unpaired) electrons. The number of aromatic nitrogens is 2. The van der Waals surface area contributed by atoms with E-state index in [1.807, 2.05) is 35.2 Å². The molecule has 2 saturated heterocycles. The number of ether oxygens (including phenoxy) is 2. The van der Waals surface area contributed by atoms with Crippen molar-refractivity contribution in [3.05, 3.63) is 41.7 Å². The predicted octanol–water partition coefficient (Wildman–Crippen LogP) is 2.00. The highest BCUT2D eigenvalue weighted by atomic mass is 16.6. The zero-order chi connectivity index (χ0) is 22.4. The maximum Gasteiger partial charge on any atom is 0.228 e. The fourth-order valence-electron chi connectivity index (χ4n) is 4.23. The van der Waals surface area contributed by atoms with E-state index >= 15 is 0 Å². The highest BCUT2D eigenvalue weighted by molar-refractivity contribution is 5.80. The lowest BCUT2D eigenvalue weighted by molar-refractivity contribution is -0.166. The molecule has 32 heavy (non-hydrogen) atoms. The predicted molar refractivity (Wildman–Crippen MR) is 115 cm³/mol. The second-order valence-electron chi connectivity index (χ2n) is 8.54. The quantitative estimate of drug-likeness (QED) is 0.647. The number of carbonyl (C=O) groups is 2. The van der Waals surface area contributed by atoms with Gasteiger partial charge in [0.2, 0.25) is 11.8 Å². The summed E-state index contributed by atoms with van der Waals surface area (Å²) in [4.78, 5) is 29.7. The smallest absolute Gasteiger partial charge is 0.228 e. The number of rotatable bonds is 7. The second-order valence-corrected chi connectivity index (χ2v) is 8.54. The van der Waals surface area contributed by atoms with Crippen molar-refractivity contribution in [1.29, 1.82) is 0 Å². The van der Waals surface area contributed by atoms with E-state index in [9.17, 15) is 9.59 Å². The zero-order valence-corrected chi connectivity index (χ0v) is 18.5. The standard InChI is InChI=1S/C23H30N4O5/c1-18-20(25-32-24-18)14-21(28)27-12-13-31-23(16-27,17-30-19-8-4-2-5-9-19)15-22(29)26-10-6-3-7-11-26/h2,4-5,8-9H,3,6-7,10-17H2,1H3. The summed E-state index contributed by atoms with van der Waals surface area (Å²) in [5, 5.41) is 7.57. The third-order valence-electron chi connectivity index (χ3n) is 6.09. The van der Waals surface area contributed by atoms with Gasteiger partial charge in [0.25, 0.3) is 0 Å². The van der Waals surface area contributed by atoms with Crippen LogP contribution in [0.15, 0.2) is 35.0 Å². The molecule has 0 N–H and O–H groups in total. The zero-order valence-electron chi connectivity index (χ0n) is 18.5. The van der Waals surface area contributed by atoms with Gasteiger partial charge in [0, 0.05) is 19.6 Å². The minimum atomic E-state index is -0.907. The maximum absolute atomic E-state index is 13.1. The number of hydrogen-bond donors (Lipinski definition) is 0. The molecule has 1 aromatic carbocycles. The number of amides is 2. The summed E-state index contributed by atoms with van der Waals surface area (Å²) in [6.45, 7) is 4.56. The SMILES string of the molecule is Cc1nonc1CC(=O)N1CCOC(COc2ccccc2)(CC(=O)N2CCCCC2)C1. The Balaban J connectivity index is 1.48. The van der Waals surface area contributed by atoms with Gasteiger partial charge in [-0.25, -0.2) is 4.63 Å². The molecule has 0 aliphatic carbocycles. The summed E-state index contributed by atoms with van der Waals surface area (Å²) in [7, 11) is 0. The molecule has 2 amide bonds. The van der Waals surface area contributed by atoms with Crippen LogP contribution in [0.5, 0.6) is 5.75 Å². The molecule has 1 unspecified atom stereocenters. The molecule has 2 aliphatic rings. The van der Waals surface area contributed by atoms with Crippen LogP contribution in [-0.2, 0) is 20.7 Å².